The van der Waals surface area contributed by atoms with Crippen LogP contribution in [0, 0.1) is 11.8 Å². The predicted octanol–water partition coefficient (Wildman–Crippen LogP) is 4.80. The van der Waals surface area contributed by atoms with E-state index < -0.39 is 0 Å². The highest BCUT2D eigenvalue weighted by Crippen LogP contribution is 2.54. The van der Waals surface area contributed by atoms with Gasteiger partial charge in [-0.1, -0.05) is 36.6 Å². The summed E-state index contributed by atoms with van der Waals surface area (Å²) >= 11 is 6.07. The predicted molar refractivity (Wildman–Crippen MR) is 94.5 cm³/mol. The average Bonchev–Trinajstić information content (AvgIpc) is 2.59. The summed E-state index contributed by atoms with van der Waals surface area (Å²) < 4.78 is 0. The molecule has 3 heteroatoms. The van der Waals surface area contributed by atoms with Gasteiger partial charge in [0.2, 0.25) is 0 Å². The summed E-state index contributed by atoms with van der Waals surface area (Å²) in [4.78, 5) is 4.10. The summed E-state index contributed by atoms with van der Waals surface area (Å²) in [5.74, 6) is 2.32. The lowest BCUT2D eigenvalue weighted by atomic mass is 9.53. The van der Waals surface area contributed by atoms with E-state index in [1.807, 2.05) is 24.5 Å². The van der Waals surface area contributed by atoms with Crippen molar-refractivity contribution in [2.24, 2.45) is 11.8 Å². The van der Waals surface area contributed by atoms with Crippen LogP contribution in [0.2, 0.25) is 5.02 Å². The van der Waals surface area contributed by atoms with Gasteiger partial charge in [0, 0.05) is 35.9 Å². The van der Waals surface area contributed by atoms with Gasteiger partial charge in [0.15, 0.2) is 0 Å². The molecule has 0 bridgehead atoms. The number of hydrogen-bond donors (Lipinski definition) is 1. The fraction of sp³-hybridized carbons (Fsp3) is 0.450. The highest BCUT2D eigenvalue weighted by Gasteiger charge is 2.50. The first kappa shape index (κ1) is 15.2. The zero-order valence-electron chi connectivity index (χ0n) is 13.3. The van der Waals surface area contributed by atoms with Crippen molar-refractivity contribution in [3.63, 3.8) is 0 Å². The topological polar surface area (TPSA) is 24.9 Å². The molecule has 4 atom stereocenters. The van der Waals surface area contributed by atoms with Gasteiger partial charge in [-0.05, 0) is 60.1 Å². The van der Waals surface area contributed by atoms with E-state index in [2.05, 4.69) is 34.6 Å². The van der Waals surface area contributed by atoms with Gasteiger partial charge < -0.3 is 5.32 Å². The maximum absolute atomic E-state index is 6.07. The summed E-state index contributed by atoms with van der Waals surface area (Å²) in [5.41, 5.74) is 2.76. The molecule has 0 radical (unpaired) electrons. The number of halogens is 1. The molecule has 2 nitrogen and oxygen atoms in total. The molecule has 2 fully saturated rings. The van der Waals surface area contributed by atoms with Gasteiger partial charge >= 0.3 is 0 Å². The van der Waals surface area contributed by atoms with Crippen molar-refractivity contribution in [1.82, 2.24) is 10.3 Å². The molecule has 1 aromatic carbocycles. The van der Waals surface area contributed by atoms with Crippen LogP contribution in [-0.4, -0.2) is 11.0 Å². The Morgan fingerprint density at radius 1 is 0.957 bits per heavy atom. The lowest BCUT2D eigenvalue weighted by Gasteiger charge is -2.55. The highest BCUT2D eigenvalue weighted by atomic mass is 35.5. The van der Waals surface area contributed by atoms with Gasteiger partial charge in [0.1, 0.15) is 0 Å². The molecule has 2 aromatic rings. The number of aromatic nitrogens is 1. The Hall–Kier alpha value is -1.38. The molecule has 1 aromatic heterocycles. The Morgan fingerprint density at radius 2 is 1.65 bits per heavy atom. The smallest absolute Gasteiger partial charge is 0.0406 e. The number of fused-ring (bicyclic) bond motifs is 1. The number of benzene rings is 1. The maximum Gasteiger partial charge on any atom is 0.0406 e. The fourth-order valence-electron chi connectivity index (χ4n) is 4.62. The van der Waals surface area contributed by atoms with Crippen LogP contribution < -0.4 is 5.32 Å². The first-order chi connectivity index (χ1) is 11.3. The van der Waals surface area contributed by atoms with Gasteiger partial charge in [-0.2, -0.15) is 0 Å². The Balaban J connectivity index is 1.51. The van der Waals surface area contributed by atoms with Gasteiger partial charge in [0.25, 0.3) is 0 Å². The third-order valence-electron chi connectivity index (χ3n) is 5.73. The third kappa shape index (κ3) is 3.02. The van der Waals surface area contributed by atoms with Crippen LogP contribution >= 0.6 is 11.6 Å². The van der Waals surface area contributed by atoms with E-state index in [4.69, 9.17) is 11.6 Å². The summed E-state index contributed by atoms with van der Waals surface area (Å²) in [6, 6.07) is 13.3. The molecule has 0 saturated heterocycles. The number of nitrogens with zero attached hydrogens (tertiary/aromatic N) is 1. The minimum absolute atomic E-state index is 0.592. The van der Waals surface area contributed by atoms with Crippen molar-refractivity contribution in [2.45, 2.75) is 44.2 Å². The molecule has 0 spiro atoms. The SMILES string of the molecule is Clc1ccc([C@H]2C3CCCCC3[C@@H]2NCc2ccncc2)cc1. The van der Waals surface area contributed by atoms with E-state index in [1.54, 1.807) is 0 Å². The van der Waals surface area contributed by atoms with E-state index in [-0.39, 0.29) is 0 Å². The van der Waals surface area contributed by atoms with Gasteiger partial charge in [0.05, 0.1) is 0 Å². The van der Waals surface area contributed by atoms with Crippen LogP contribution in [0.15, 0.2) is 48.8 Å². The van der Waals surface area contributed by atoms with Crippen molar-refractivity contribution in [3.8, 4) is 0 Å². The van der Waals surface area contributed by atoms with Crippen LogP contribution in [0.4, 0.5) is 0 Å². The van der Waals surface area contributed by atoms with Crippen molar-refractivity contribution in [3.05, 3.63) is 64.9 Å². The molecule has 4 rings (SSSR count). The highest BCUT2D eigenvalue weighted by molar-refractivity contribution is 6.30. The molecule has 2 unspecified atom stereocenters. The second-order valence-corrected chi connectivity index (χ2v) is 7.39. The van der Waals surface area contributed by atoms with Crippen molar-refractivity contribution < 1.29 is 0 Å². The first-order valence-electron chi connectivity index (χ1n) is 8.71. The quantitative estimate of drug-likeness (QED) is 0.873. The molecule has 1 N–H and O–H groups in total. The zero-order chi connectivity index (χ0) is 15.6. The molecule has 1 heterocycles. The van der Waals surface area contributed by atoms with E-state index in [0.29, 0.717) is 12.0 Å². The zero-order valence-corrected chi connectivity index (χ0v) is 14.0. The average molecular weight is 327 g/mol. The standard InChI is InChI=1S/C20H23ClN2/c21-16-7-5-15(6-8-16)19-17-3-1-2-4-18(17)20(19)23-13-14-9-11-22-12-10-14/h5-12,17-20,23H,1-4,13H2/t17?,18?,19-,20-/m0/s1. The minimum atomic E-state index is 0.592. The Bertz CT molecular complexity index is 640. The molecular formula is C20H23ClN2. The largest absolute Gasteiger partial charge is 0.309 e. The molecule has 2 aliphatic carbocycles. The summed E-state index contributed by atoms with van der Waals surface area (Å²) in [6.07, 6.45) is 9.29. The number of nitrogens with one attached hydrogen (secondary N) is 1. The Labute approximate surface area is 143 Å². The van der Waals surface area contributed by atoms with Gasteiger partial charge in [-0.3, -0.25) is 4.98 Å². The normalized spacial score (nSPS) is 29.6. The molecule has 120 valence electrons. The van der Waals surface area contributed by atoms with Crippen LogP contribution in [0.3, 0.4) is 0 Å². The van der Waals surface area contributed by atoms with Crippen molar-refractivity contribution in [2.75, 3.05) is 0 Å². The van der Waals surface area contributed by atoms with Crippen LogP contribution in [0.1, 0.15) is 42.7 Å². The van der Waals surface area contributed by atoms with Crippen LogP contribution in [0.5, 0.6) is 0 Å². The number of hydrogen-bond acceptors (Lipinski definition) is 2. The molecule has 23 heavy (non-hydrogen) atoms. The first-order valence-corrected chi connectivity index (χ1v) is 9.08. The summed E-state index contributed by atoms with van der Waals surface area (Å²) in [7, 11) is 0. The fourth-order valence-corrected chi connectivity index (χ4v) is 4.75. The molecule has 0 aliphatic heterocycles. The van der Waals surface area contributed by atoms with Gasteiger partial charge in [-0.25, -0.2) is 0 Å². The Kier molecular flexibility index (Phi) is 4.37. The second kappa shape index (κ2) is 6.62. The van der Waals surface area contributed by atoms with E-state index >= 15 is 0 Å². The van der Waals surface area contributed by atoms with E-state index in [0.717, 1.165) is 23.4 Å². The third-order valence-corrected chi connectivity index (χ3v) is 5.98. The van der Waals surface area contributed by atoms with Crippen molar-refractivity contribution >= 4 is 11.6 Å². The second-order valence-electron chi connectivity index (χ2n) is 6.95. The lowest BCUT2D eigenvalue weighted by Crippen LogP contribution is -2.57. The molecule has 2 aliphatic rings. The van der Waals surface area contributed by atoms with Crippen LogP contribution in [0.25, 0.3) is 0 Å². The maximum atomic E-state index is 6.07. The summed E-state index contributed by atoms with van der Waals surface area (Å²) in [5, 5.41) is 4.67. The van der Waals surface area contributed by atoms with E-state index in [9.17, 15) is 0 Å². The summed E-state index contributed by atoms with van der Waals surface area (Å²) in [6.45, 7) is 0.931. The molecular weight excluding hydrogens is 304 g/mol. The monoisotopic (exact) mass is 326 g/mol. The van der Waals surface area contributed by atoms with E-state index in [1.165, 1.54) is 36.8 Å². The number of pyridine rings is 1. The van der Waals surface area contributed by atoms with Crippen LogP contribution in [-0.2, 0) is 6.54 Å². The Morgan fingerprint density at radius 3 is 2.39 bits per heavy atom. The van der Waals surface area contributed by atoms with Gasteiger partial charge in [-0.15, -0.1) is 0 Å². The minimum Gasteiger partial charge on any atom is -0.309 e. The number of rotatable bonds is 4. The molecule has 2 saturated carbocycles. The molecule has 0 amide bonds. The van der Waals surface area contributed by atoms with Crippen molar-refractivity contribution in [1.29, 1.82) is 0 Å². The lowest BCUT2D eigenvalue weighted by molar-refractivity contribution is 0.0254.